The molecule has 4 rings (SSSR count). The SMILES string of the molecule is O=c1cc/c(=N\Nc2ccc(S(=O)(=O)O)c3ccccc23)c(=O)/c1=N/Nc1ccc(S(=O)(=O)[O-])cc1.[Na+].[Na+]. The van der Waals surface area contributed by atoms with Gasteiger partial charge in [0.25, 0.3) is 10.1 Å². The van der Waals surface area contributed by atoms with E-state index < -0.39 is 41.3 Å². The Morgan fingerprint density at radius 3 is 1.97 bits per heavy atom. The molecule has 0 fully saturated rings. The van der Waals surface area contributed by atoms with E-state index >= 15 is 0 Å². The van der Waals surface area contributed by atoms with E-state index in [0.717, 1.165) is 18.2 Å². The third-order valence-corrected chi connectivity index (χ3v) is 6.73. The van der Waals surface area contributed by atoms with Gasteiger partial charge in [0.2, 0.25) is 10.9 Å². The van der Waals surface area contributed by atoms with E-state index in [9.17, 15) is 35.5 Å². The van der Waals surface area contributed by atoms with Crippen molar-refractivity contribution in [1.82, 2.24) is 0 Å². The molecule has 184 valence electrons. The van der Waals surface area contributed by atoms with Gasteiger partial charge >= 0.3 is 59.1 Å². The molecular weight excluding hydrogens is 558 g/mol. The fourth-order valence-electron chi connectivity index (χ4n) is 3.27. The minimum Gasteiger partial charge on any atom is -0.744 e. The molecule has 16 heteroatoms. The summed E-state index contributed by atoms with van der Waals surface area (Å²) in [5.74, 6) is 0. The number of anilines is 2. The van der Waals surface area contributed by atoms with Crippen LogP contribution in [0.15, 0.2) is 102 Å². The van der Waals surface area contributed by atoms with Crippen molar-refractivity contribution in [1.29, 1.82) is 0 Å². The Kier molecular flexibility index (Phi) is 10.7. The molecule has 3 N–H and O–H groups in total. The van der Waals surface area contributed by atoms with Gasteiger partial charge in [0.05, 0.1) is 16.3 Å². The smallest absolute Gasteiger partial charge is 0.744 e. The van der Waals surface area contributed by atoms with Crippen LogP contribution in [0.5, 0.6) is 0 Å². The van der Waals surface area contributed by atoms with Gasteiger partial charge in [-0.2, -0.15) is 18.6 Å². The van der Waals surface area contributed by atoms with Crippen molar-refractivity contribution in [3.05, 3.63) is 104 Å². The molecule has 0 heterocycles. The number of benzene rings is 4. The molecule has 0 aliphatic heterocycles. The zero-order chi connectivity index (χ0) is 26.1. The largest absolute Gasteiger partial charge is 1.00 e. The summed E-state index contributed by atoms with van der Waals surface area (Å²) in [6.45, 7) is 0. The number of rotatable bonds is 6. The molecule has 0 radical (unpaired) electrons. The molecule has 0 spiro atoms. The molecule has 0 amide bonds. The normalized spacial score (nSPS) is 12.5. The minimum atomic E-state index is -4.63. The predicted molar refractivity (Wildman–Crippen MR) is 128 cm³/mol. The molecule has 0 aliphatic carbocycles. The van der Waals surface area contributed by atoms with Gasteiger partial charge in [-0.05, 0) is 48.5 Å². The Morgan fingerprint density at radius 1 is 0.737 bits per heavy atom. The van der Waals surface area contributed by atoms with Crippen LogP contribution in [0.25, 0.3) is 10.8 Å². The first-order valence-corrected chi connectivity index (χ1v) is 12.8. The van der Waals surface area contributed by atoms with Gasteiger partial charge in [-0.3, -0.25) is 25.0 Å². The molecule has 0 saturated heterocycles. The monoisotopic (exact) mass is 573 g/mol. The van der Waals surface area contributed by atoms with Crippen LogP contribution in [-0.2, 0) is 20.2 Å². The summed E-state index contributed by atoms with van der Waals surface area (Å²) in [7, 11) is -9.11. The summed E-state index contributed by atoms with van der Waals surface area (Å²) in [5, 5.41) is 7.76. The van der Waals surface area contributed by atoms with Crippen LogP contribution in [0, 0.1) is 0 Å². The van der Waals surface area contributed by atoms with E-state index in [1.54, 1.807) is 18.2 Å². The average molecular weight is 573 g/mol. The quantitative estimate of drug-likeness (QED) is 0.114. The summed E-state index contributed by atoms with van der Waals surface area (Å²) in [6, 6.07) is 15.7. The van der Waals surface area contributed by atoms with E-state index in [0.29, 0.717) is 11.1 Å². The number of fused-ring (bicyclic) bond motifs is 1. The molecular formula is C22H15N4Na2O8S2+. The molecule has 0 aliphatic rings. The number of nitrogens with zero attached hydrogens (tertiary/aromatic N) is 2. The molecule has 0 atom stereocenters. The van der Waals surface area contributed by atoms with E-state index in [2.05, 4.69) is 21.1 Å². The molecule has 38 heavy (non-hydrogen) atoms. The summed E-state index contributed by atoms with van der Waals surface area (Å²) in [5.41, 5.74) is 4.14. The van der Waals surface area contributed by atoms with Crippen molar-refractivity contribution in [2.24, 2.45) is 10.2 Å². The number of hydrogen-bond donors (Lipinski definition) is 3. The Morgan fingerprint density at radius 2 is 1.37 bits per heavy atom. The average Bonchev–Trinajstić information content (AvgIpc) is 2.82. The fourth-order valence-corrected chi connectivity index (χ4v) is 4.43. The van der Waals surface area contributed by atoms with Gasteiger partial charge in [-0.15, -0.1) is 0 Å². The van der Waals surface area contributed by atoms with Crippen LogP contribution in [-0.4, -0.2) is 25.9 Å². The standard InChI is InChI=1S/C22H16N4O8S2.2Na/c27-19-11-9-18(22(28)21(19)26-23-13-5-7-14(8-6-13)35(29,30)31)25-24-17-10-12-20(36(32,33)34)16-4-2-1-3-15(16)17;;/h1-12,23-24H,(H,29,30,31)(H,32,33,34);;/q;2*+1/p-1/b25-18+,26-21+;;. The topological polar surface area (TPSA) is 194 Å². The first-order valence-electron chi connectivity index (χ1n) is 9.95. The van der Waals surface area contributed by atoms with Crippen LogP contribution >= 0.6 is 0 Å². The van der Waals surface area contributed by atoms with Gasteiger partial charge in [0.15, 0.2) is 5.36 Å². The van der Waals surface area contributed by atoms with Crippen LogP contribution in [0.4, 0.5) is 11.4 Å². The predicted octanol–water partition coefficient (Wildman–Crippen LogP) is -5.55. The molecule has 0 aromatic heterocycles. The maximum absolute atomic E-state index is 12.8. The van der Waals surface area contributed by atoms with Gasteiger partial charge in [0, 0.05) is 10.8 Å². The summed E-state index contributed by atoms with van der Waals surface area (Å²) >= 11 is 0. The molecule has 4 aromatic carbocycles. The second kappa shape index (κ2) is 12.7. The second-order valence-electron chi connectivity index (χ2n) is 7.32. The van der Waals surface area contributed by atoms with E-state index in [1.807, 2.05) is 0 Å². The van der Waals surface area contributed by atoms with Crippen molar-refractivity contribution in [2.75, 3.05) is 10.9 Å². The minimum absolute atomic E-state index is 0. The molecule has 0 bridgehead atoms. The third kappa shape index (κ3) is 7.24. The maximum atomic E-state index is 12.8. The molecule has 12 nitrogen and oxygen atoms in total. The number of nitrogens with one attached hydrogen (secondary N) is 2. The molecule has 0 saturated carbocycles. The van der Waals surface area contributed by atoms with Gasteiger partial charge < -0.3 is 4.55 Å². The summed E-state index contributed by atoms with van der Waals surface area (Å²) < 4.78 is 65.8. The van der Waals surface area contributed by atoms with E-state index in [4.69, 9.17) is 0 Å². The Balaban J connectivity index is 0.00000253. The third-order valence-electron chi connectivity index (χ3n) is 4.97. The van der Waals surface area contributed by atoms with Crippen molar-refractivity contribution in [3.63, 3.8) is 0 Å². The van der Waals surface area contributed by atoms with Crippen LogP contribution in [0.2, 0.25) is 0 Å². The summed E-state index contributed by atoms with van der Waals surface area (Å²) in [4.78, 5) is 24.2. The van der Waals surface area contributed by atoms with Crippen molar-refractivity contribution >= 4 is 42.4 Å². The van der Waals surface area contributed by atoms with Crippen molar-refractivity contribution in [2.45, 2.75) is 9.79 Å². The maximum Gasteiger partial charge on any atom is 1.00 e. The first-order chi connectivity index (χ1) is 16.9. The Labute approximate surface area is 259 Å². The van der Waals surface area contributed by atoms with Gasteiger partial charge in [0.1, 0.15) is 20.4 Å². The zero-order valence-electron chi connectivity index (χ0n) is 19.9. The summed E-state index contributed by atoms with van der Waals surface area (Å²) in [6.07, 6.45) is 0. The van der Waals surface area contributed by atoms with Crippen LogP contribution in [0.1, 0.15) is 0 Å². The second-order valence-corrected chi connectivity index (χ2v) is 10.1. The molecule has 0 unspecified atom stereocenters. The van der Waals surface area contributed by atoms with Crippen molar-refractivity contribution in [3.8, 4) is 0 Å². The van der Waals surface area contributed by atoms with Gasteiger partial charge in [-0.1, -0.05) is 24.3 Å². The van der Waals surface area contributed by atoms with Crippen molar-refractivity contribution < 1.29 is 85.1 Å². The Bertz CT molecular complexity index is 1940. The Hall–Kier alpha value is -2.24. The van der Waals surface area contributed by atoms with Crippen LogP contribution < -0.4 is 91.5 Å². The first kappa shape index (κ1) is 32.0. The van der Waals surface area contributed by atoms with E-state index in [1.165, 1.54) is 36.4 Å². The zero-order valence-corrected chi connectivity index (χ0v) is 25.6. The molecule has 4 aromatic rings. The van der Waals surface area contributed by atoms with Crippen LogP contribution in [0.3, 0.4) is 0 Å². The fraction of sp³-hybridized carbons (Fsp3) is 0. The number of hydrogen-bond acceptors (Lipinski definition) is 11. The van der Waals surface area contributed by atoms with Gasteiger partial charge in [-0.25, -0.2) is 8.42 Å². The van der Waals surface area contributed by atoms with E-state index in [-0.39, 0.29) is 80.4 Å².